The van der Waals surface area contributed by atoms with Crippen LogP contribution in [0.15, 0.2) is 62.3 Å². The van der Waals surface area contributed by atoms with E-state index in [-0.39, 0.29) is 11.5 Å². The van der Waals surface area contributed by atoms with Crippen molar-refractivity contribution in [1.29, 1.82) is 0 Å². The zero-order chi connectivity index (χ0) is 18.7. The van der Waals surface area contributed by atoms with Crippen LogP contribution >= 0.6 is 15.9 Å². The van der Waals surface area contributed by atoms with Gasteiger partial charge in [0.15, 0.2) is 0 Å². The minimum Gasteiger partial charge on any atom is -0.441 e. The summed E-state index contributed by atoms with van der Waals surface area (Å²) in [6.07, 6.45) is 0.344. The quantitative estimate of drug-likeness (QED) is 0.526. The fourth-order valence-electron chi connectivity index (χ4n) is 2.40. The van der Waals surface area contributed by atoms with E-state index < -0.39 is 10.1 Å². The van der Waals surface area contributed by atoms with E-state index in [9.17, 15) is 8.42 Å². The maximum atomic E-state index is 12.2. The van der Waals surface area contributed by atoms with E-state index in [2.05, 4.69) is 20.9 Å². The van der Waals surface area contributed by atoms with Gasteiger partial charge in [-0.1, -0.05) is 33.6 Å². The Labute approximate surface area is 161 Å². The SMILES string of the molecule is Cc1ccc(S(=O)(=O)OCCc2nc(-c3ccc(Br)cc3)oc2C)cc1. The van der Waals surface area contributed by atoms with Gasteiger partial charge in [0.05, 0.1) is 17.2 Å². The zero-order valence-electron chi connectivity index (χ0n) is 14.4. The van der Waals surface area contributed by atoms with Crippen molar-refractivity contribution in [3.8, 4) is 11.5 Å². The number of aromatic nitrogens is 1. The molecule has 0 aliphatic heterocycles. The highest BCUT2D eigenvalue weighted by Crippen LogP contribution is 2.24. The second kappa shape index (κ2) is 7.73. The monoisotopic (exact) mass is 435 g/mol. The van der Waals surface area contributed by atoms with Crippen molar-refractivity contribution in [3.05, 3.63) is 70.0 Å². The molecule has 0 amide bonds. The molecule has 1 heterocycles. The van der Waals surface area contributed by atoms with Crippen LogP contribution < -0.4 is 0 Å². The molecule has 0 N–H and O–H groups in total. The molecular formula is C19H18BrNO4S. The van der Waals surface area contributed by atoms with Gasteiger partial charge in [-0.25, -0.2) is 4.98 Å². The van der Waals surface area contributed by atoms with Crippen LogP contribution in [0.3, 0.4) is 0 Å². The topological polar surface area (TPSA) is 69.4 Å². The standard InChI is InChI=1S/C19H18BrNO4S/c1-13-3-9-17(10-4-13)26(22,23)24-12-11-18-14(2)25-19(21-18)15-5-7-16(20)8-6-15/h3-10H,11-12H2,1-2H3. The van der Waals surface area contributed by atoms with Gasteiger partial charge in [0.2, 0.25) is 5.89 Å². The zero-order valence-corrected chi connectivity index (χ0v) is 16.8. The highest BCUT2D eigenvalue weighted by Gasteiger charge is 2.17. The van der Waals surface area contributed by atoms with E-state index in [1.807, 2.05) is 31.2 Å². The number of aryl methyl sites for hydroxylation is 2. The number of benzene rings is 2. The van der Waals surface area contributed by atoms with Crippen molar-refractivity contribution in [2.45, 2.75) is 25.2 Å². The number of hydrogen-bond donors (Lipinski definition) is 0. The molecule has 136 valence electrons. The van der Waals surface area contributed by atoms with Gasteiger partial charge in [-0.2, -0.15) is 8.42 Å². The minimum atomic E-state index is -3.77. The highest BCUT2D eigenvalue weighted by molar-refractivity contribution is 9.10. The number of nitrogens with zero attached hydrogens (tertiary/aromatic N) is 1. The molecule has 3 rings (SSSR count). The first kappa shape index (κ1) is 18.8. The van der Waals surface area contributed by atoms with E-state index >= 15 is 0 Å². The average Bonchev–Trinajstić information content (AvgIpc) is 2.97. The molecule has 0 spiro atoms. The lowest BCUT2D eigenvalue weighted by atomic mass is 10.2. The molecule has 0 unspecified atom stereocenters. The van der Waals surface area contributed by atoms with Crippen LogP contribution in [-0.2, 0) is 20.7 Å². The van der Waals surface area contributed by atoms with Crippen LogP contribution in [0.25, 0.3) is 11.5 Å². The fourth-order valence-corrected chi connectivity index (χ4v) is 3.57. The van der Waals surface area contributed by atoms with Crippen molar-refractivity contribution < 1.29 is 17.0 Å². The van der Waals surface area contributed by atoms with Gasteiger partial charge in [0.25, 0.3) is 10.1 Å². The van der Waals surface area contributed by atoms with Crippen LogP contribution in [-0.4, -0.2) is 20.0 Å². The van der Waals surface area contributed by atoms with E-state index in [0.29, 0.717) is 23.8 Å². The molecule has 0 aliphatic rings. The number of halogens is 1. The first-order chi connectivity index (χ1) is 12.3. The average molecular weight is 436 g/mol. The maximum Gasteiger partial charge on any atom is 0.296 e. The normalized spacial score (nSPS) is 11.7. The minimum absolute atomic E-state index is 0.00333. The second-order valence-electron chi connectivity index (χ2n) is 5.87. The van der Waals surface area contributed by atoms with E-state index in [1.165, 1.54) is 12.1 Å². The smallest absolute Gasteiger partial charge is 0.296 e. The Kier molecular flexibility index (Phi) is 5.60. The Balaban J connectivity index is 1.66. The summed E-state index contributed by atoms with van der Waals surface area (Å²) in [6, 6.07) is 14.2. The van der Waals surface area contributed by atoms with Crippen molar-refractivity contribution in [1.82, 2.24) is 4.98 Å². The van der Waals surface area contributed by atoms with Gasteiger partial charge < -0.3 is 4.42 Å². The van der Waals surface area contributed by atoms with Gasteiger partial charge in [-0.3, -0.25) is 4.18 Å². The van der Waals surface area contributed by atoms with Crippen LogP contribution in [0, 0.1) is 13.8 Å². The Bertz CT molecular complexity index is 993. The molecule has 5 nitrogen and oxygen atoms in total. The van der Waals surface area contributed by atoms with E-state index in [1.54, 1.807) is 19.1 Å². The molecule has 0 atom stereocenters. The van der Waals surface area contributed by atoms with Crippen LogP contribution in [0.2, 0.25) is 0 Å². The summed E-state index contributed by atoms with van der Waals surface area (Å²) in [5.41, 5.74) is 2.53. The van der Waals surface area contributed by atoms with Gasteiger partial charge in [0.1, 0.15) is 5.76 Å². The van der Waals surface area contributed by atoms with E-state index in [4.69, 9.17) is 8.60 Å². The van der Waals surface area contributed by atoms with Crippen molar-refractivity contribution >= 4 is 26.0 Å². The molecule has 0 bridgehead atoms. The first-order valence-electron chi connectivity index (χ1n) is 8.03. The fraction of sp³-hybridized carbons (Fsp3) is 0.211. The lowest BCUT2D eigenvalue weighted by Gasteiger charge is -2.05. The highest BCUT2D eigenvalue weighted by atomic mass is 79.9. The summed E-state index contributed by atoms with van der Waals surface area (Å²) in [5.74, 6) is 1.16. The molecule has 2 aromatic carbocycles. The Morgan fingerprint density at radius 3 is 2.35 bits per heavy atom. The molecule has 0 aliphatic carbocycles. The summed E-state index contributed by atoms with van der Waals surface area (Å²) in [5, 5.41) is 0. The van der Waals surface area contributed by atoms with Crippen molar-refractivity contribution in [2.75, 3.05) is 6.61 Å². The summed E-state index contributed by atoms with van der Waals surface area (Å²) < 4.78 is 36.2. The van der Waals surface area contributed by atoms with Crippen molar-refractivity contribution in [3.63, 3.8) is 0 Å². The predicted octanol–water partition coefficient (Wildman–Crippen LogP) is 4.67. The Hall–Kier alpha value is -1.96. The molecule has 1 aromatic heterocycles. The number of oxazole rings is 1. The number of rotatable bonds is 6. The van der Waals surface area contributed by atoms with Crippen LogP contribution in [0.5, 0.6) is 0 Å². The lowest BCUT2D eigenvalue weighted by molar-refractivity contribution is 0.320. The van der Waals surface area contributed by atoms with Gasteiger partial charge in [-0.15, -0.1) is 0 Å². The third-order valence-electron chi connectivity index (χ3n) is 3.87. The summed E-state index contributed by atoms with van der Waals surface area (Å²) in [6.45, 7) is 3.70. The van der Waals surface area contributed by atoms with E-state index in [0.717, 1.165) is 15.6 Å². The predicted molar refractivity (Wildman–Crippen MR) is 102 cm³/mol. The third-order valence-corrected chi connectivity index (χ3v) is 5.73. The maximum absolute atomic E-state index is 12.2. The molecule has 26 heavy (non-hydrogen) atoms. The van der Waals surface area contributed by atoms with Gasteiger partial charge in [-0.05, 0) is 50.2 Å². The molecule has 0 fully saturated rings. The lowest BCUT2D eigenvalue weighted by Crippen LogP contribution is -2.09. The van der Waals surface area contributed by atoms with Crippen LogP contribution in [0.1, 0.15) is 17.0 Å². The Morgan fingerprint density at radius 1 is 1.04 bits per heavy atom. The molecule has 0 saturated heterocycles. The molecular weight excluding hydrogens is 418 g/mol. The summed E-state index contributed by atoms with van der Waals surface area (Å²) in [7, 11) is -3.77. The molecule has 0 saturated carbocycles. The molecule has 3 aromatic rings. The largest absolute Gasteiger partial charge is 0.441 e. The second-order valence-corrected chi connectivity index (χ2v) is 8.40. The van der Waals surface area contributed by atoms with Gasteiger partial charge >= 0.3 is 0 Å². The first-order valence-corrected chi connectivity index (χ1v) is 10.2. The Morgan fingerprint density at radius 2 is 1.69 bits per heavy atom. The molecule has 7 heteroatoms. The molecule has 0 radical (unpaired) electrons. The van der Waals surface area contributed by atoms with Crippen molar-refractivity contribution in [2.24, 2.45) is 0 Å². The third kappa shape index (κ3) is 4.41. The summed E-state index contributed by atoms with van der Waals surface area (Å²) >= 11 is 3.39. The van der Waals surface area contributed by atoms with Crippen LogP contribution in [0.4, 0.5) is 0 Å². The van der Waals surface area contributed by atoms with Gasteiger partial charge in [0, 0.05) is 16.5 Å². The summed E-state index contributed by atoms with van der Waals surface area (Å²) in [4.78, 5) is 4.61. The number of hydrogen-bond acceptors (Lipinski definition) is 5.